The Kier molecular flexibility index (Phi) is 5.87. The molecule has 2 heterocycles. The van der Waals surface area contributed by atoms with Crippen molar-refractivity contribution in [3.05, 3.63) is 57.8 Å². The Bertz CT molecular complexity index is 669. The average molecular weight is 390 g/mol. The van der Waals surface area contributed by atoms with E-state index in [1.54, 1.807) is 0 Å². The fraction of sp³-hybridized carbons (Fsp3) is 0.421. The van der Waals surface area contributed by atoms with Gasteiger partial charge in [0.2, 0.25) is 0 Å². The van der Waals surface area contributed by atoms with E-state index in [9.17, 15) is 0 Å². The third-order valence-electron chi connectivity index (χ3n) is 4.30. The van der Waals surface area contributed by atoms with Crippen LogP contribution in [0.2, 0.25) is 0 Å². The summed E-state index contributed by atoms with van der Waals surface area (Å²) in [5.41, 5.74) is 3.42. The van der Waals surface area contributed by atoms with E-state index in [0.29, 0.717) is 6.61 Å². The number of rotatable bonds is 5. The second-order valence-corrected chi connectivity index (χ2v) is 6.98. The standard InChI is InChI=1S/C19H24BrN3O/c1-3-24-18-7-5-15(20)12-16(18)19(23-10-8-21-9-11-23)17-6-4-14(2)13-22-17/h4-7,12-13,19,21H,3,8-11H2,1-2H3. The number of nitrogens with one attached hydrogen (secondary N) is 1. The molecule has 4 nitrogen and oxygen atoms in total. The number of benzene rings is 1. The van der Waals surface area contributed by atoms with Crippen LogP contribution in [0.3, 0.4) is 0 Å². The highest BCUT2D eigenvalue weighted by Crippen LogP contribution is 2.36. The largest absolute Gasteiger partial charge is 0.494 e. The van der Waals surface area contributed by atoms with Crippen LogP contribution < -0.4 is 10.1 Å². The molecule has 0 spiro atoms. The van der Waals surface area contributed by atoms with Crippen LogP contribution in [0, 0.1) is 6.92 Å². The summed E-state index contributed by atoms with van der Waals surface area (Å²) < 4.78 is 6.98. The lowest BCUT2D eigenvalue weighted by molar-refractivity contribution is 0.191. The van der Waals surface area contributed by atoms with E-state index in [0.717, 1.165) is 42.1 Å². The van der Waals surface area contributed by atoms with Crippen LogP contribution in [-0.2, 0) is 0 Å². The summed E-state index contributed by atoms with van der Waals surface area (Å²) in [6.07, 6.45) is 1.95. The van der Waals surface area contributed by atoms with E-state index >= 15 is 0 Å². The Hall–Kier alpha value is -1.43. The molecule has 2 aromatic rings. The molecule has 1 aromatic heterocycles. The van der Waals surface area contributed by atoms with Crippen LogP contribution in [0.15, 0.2) is 41.0 Å². The first-order chi connectivity index (χ1) is 11.7. The number of aryl methyl sites for hydroxylation is 1. The average Bonchev–Trinajstić information content (AvgIpc) is 2.60. The maximum Gasteiger partial charge on any atom is 0.124 e. The zero-order valence-corrected chi connectivity index (χ0v) is 15.8. The van der Waals surface area contributed by atoms with Crippen molar-refractivity contribution in [2.45, 2.75) is 19.9 Å². The molecule has 24 heavy (non-hydrogen) atoms. The molecule has 1 atom stereocenters. The van der Waals surface area contributed by atoms with E-state index in [-0.39, 0.29) is 6.04 Å². The predicted octanol–water partition coefficient (Wildman–Crippen LogP) is 3.55. The van der Waals surface area contributed by atoms with Crippen molar-refractivity contribution in [1.29, 1.82) is 0 Å². The van der Waals surface area contributed by atoms with E-state index in [1.807, 2.05) is 25.3 Å². The summed E-state index contributed by atoms with van der Waals surface area (Å²) in [5.74, 6) is 0.937. The van der Waals surface area contributed by atoms with Crippen molar-refractivity contribution in [3.8, 4) is 5.75 Å². The highest BCUT2D eigenvalue weighted by molar-refractivity contribution is 9.10. The van der Waals surface area contributed by atoms with Gasteiger partial charge in [-0.2, -0.15) is 0 Å². The lowest BCUT2D eigenvalue weighted by atomic mass is 9.99. The van der Waals surface area contributed by atoms with E-state index in [4.69, 9.17) is 9.72 Å². The van der Waals surface area contributed by atoms with Gasteiger partial charge in [0.05, 0.1) is 18.3 Å². The maximum atomic E-state index is 5.92. The normalized spacial score (nSPS) is 16.8. The Labute approximate surface area is 152 Å². The number of hydrogen-bond acceptors (Lipinski definition) is 4. The molecule has 1 aliphatic heterocycles. The molecule has 1 fully saturated rings. The smallest absolute Gasteiger partial charge is 0.124 e. The van der Waals surface area contributed by atoms with Crippen molar-refractivity contribution >= 4 is 15.9 Å². The third kappa shape index (κ3) is 3.97. The summed E-state index contributed by atoms with van der Waals surface area (Å²) >= 11 is 3.62. The van der Waals surface area contributed by atoms with Gasteiger partial charge < -0.3 is 10.1 Å². The monoisotopic (exact) mass is 389 g/mol. The van der Waals surface area contributed by atoms with Gasteiger partial charge in [0.25, 0.3) is 0 Å². The van der Waals surface area contributed by atoms with Crippen molar-refractivity contribution in [2.75, 3.05) is 32.8 Å². The number of nitrogens with zero attached hydrogens (tertiary/aromatic N) is 2. The number of aromatic nitrogens is 1. The Morgan fingerprint density at radius 2 is 2.04 bits per heavy atom. The summed E-state index contributed by atoms with van der Waals surface area (Å²) in [6.45, 7) is 8.75. The van der Waals surface area contributed by atoms with Gasteiger partial charge in [0.1, 0.15) is 5.75 Å². The van der Waals surface area contributed by atoms with Gasteiger partial charge in [-0.1, -0.05) is 22.0 Å². The molecule has 0 saturated carbocycles. The molecule has 1 aromatic carbocycles. The fourth-order valence-corrected chi connectivity index (χ4v) is 3.52. The molecular formula is C19H24BrN3O. The molecule has 0 bridgehead atoms. The molecule has 0 amide bonds. The molecule has 3 rings (SSSR count). The molecule has 1 N–H and O–H groups in total. The summed E-state index contributed by atoms with van der Waals surface area (Å²) in [4.78, 5) is 7.21. The predicted molar refractivity (Wildman–Crippen MR) is 101 cm³/mol. The molecule has 1 unspecified atom stereocenters. The number of piperazine rings is 1. The minimum atomic E-state index is 0.103. The molecule has 0 radical (unpaired) electrons. The Morgan fingerprint density at radius 3 is 2.71 bits per heavy atom. The van der Waals surface area contributed by atoms with Gasteiger partial charge >= 0.3 is 0 Å². The zero-order valence-electron chi connectivity index (χ0n) is 14.3. The van der Waals surface area contributed by atoms with Crippen LogP contribution in [-0.4, -0.2) is 42.7 Å². The SMILES string of the molecule is CCOc1ccc(Br)cc1C(c1ccc(C)cn1)N1CCNCC1. The van der Waals surface area contributed by atoms with E-state index < -0.39 is 0 Å². The van der Waals surface area contributed by atoms with Gasteiger partial charge in [-0.05, 0) is 43.7 Å². The number of halogens is 1. The third-order valence-corrected chi connectivity index (χ3v) is 4.79. The van der Waals surface area contributed by atoms with Gasteiger partial charge in [0.15, 0.2) is 0 Å². The number of ether oxygens (including phenoxy) is 1. The minimum Gasteiger partial charge on any atom is -0.494 e. The molecule has 1 aliphatic rings. The maximum absolute atomic E-state index is 5.92. The topological polar surface area (TPSA) is 37.4 Å². The second kappa shape index (κ2) is 8.10. The van der Waals surface area contributed by atoms with Crippen LogP contribution in [0.4, 0.5) is 0 Å². The second-order valence-electron chi connectivity index (χ2n) is 6.06. The first-order valence-corrected chi connectivity index (χ1v) is 9.28. The quantitative estimate of drug-likeness (QED) is 0.848. The molecule has 128 valence electrons. The summed E-state index contributed by atoms with van der Waals surface area (Å²) in [7, 11) is 0. The van der Waals surface area contributed by atoms with Crippen LogP contribution in [0.5, 0.6) is 5.75 Å². The van der Waals surface area contributed by atoms with E-state index in [1.165, 1.54) is 11.1 Å². The minimum absolute atomic E-state index is 0.103. The lowest BCUT2D eigenvalue weighted by Gasteiger charge is -2.35. The summed E-state index contributed by atoms with van der Waals surface area (Å²) in [5, 5.41) is 3.43. The molecule has 0 aliphatic carbocycles. The van der Waals surface area contributed by atoms with Crippen molar-refractivity contribution in [1.82, 2.24) is 15.2 Å². The highest BCUT2D eigenvalue weighted by Gasteiger charge is 2.27. The van der Waals surface area contributed by atoms with Crippen LogP contribution >= 0.6 is 15.9 Å². The van der Waals surface area contributed by atoms with Crippen molar-refractivity contribution < 1.29 is 4.74 Å². The number of pyridine rings is 1. The van der Waals surface area contributed by atoms with Crippen molar-refractivity contribution in [3.63, 3.8) is 0 Å². The molecular weight excluding hydrogens is 366 g/mol. The fourth-order valence-electron chi connectivity index (χ4n) is 3.14. The highest BCUT2D eigenvalue weighted by atomic mass is 79.9. The molecule has 5 heteroatoms. The Morgan fingerprint density at radius 1 is 1.25 bits per heavy atom. The molecule has 1 saturated heterocycles. The van der Waals surface area contributed by atoms with Crippen molar-refractivity contribution in [2.24, 2.45) is 0 Å². The first kappa shape index (κ1) is 17.4. The van der Waals surface area contributed by atoms with Gasteiger partial charge in [-0.15, -0.1) is 0 Å². The summed E-state index contributed by atoms with van der Waals surface area (Å²) in [6, 6.07) is 10.6. The number of hydrogen-bond donors (Lipinski definition) is 1. The zero-order chi connectivity index (χ0) is 16.9. The van der Waals surface area contributed by atoms with Gasteiger partial charge in [-0.25, -0.2) is 0 Å². The van der Waals surface area contributed by atoms with Gasteiger partial charge in [0, 0.05) is 42.4 Å². The van der Waals surface area contributed by atoms with Gasteiger partial charge in [-0.3, -0.25) is 9.88 Å². The van der Waals surface area contributed by atoms with Crippen LogP contribution in [0.1, 0.15) is 29.8 Å². The Balaban J connectivity index is 2.06. The lowest BCUT2D eigenvalue weighted by Crippen LogP contribution is -2.45. The van der Waals surface area contributed by atoms with E-state index in [2.05, 4.69) is 51.3 Å². The van der Waals surface area contributed by atoms with Crippen LogP contribution in [0.25, 0.3) is 0 Å². The first-order valence-electron chi connectivity index (χ1n) is 8.48.